The van der Waals surface area contributed by atoms with E-state index >= 15 is 0 Å². The van der Waals surface area contributed by atoms with Gasteiger partial charge < -0.3 is 15.4 Å². The molecule has 0 aromatic carbocycles. The van der Waals surface area contributed by atoms with E-state index in [4.69, 9.17) is 4.74 Å². The molecular formula is C19H28BrN3O3. The molecule has 2 rings (SSSR count). The summed E-state index contributed by atoms with van der Waals surface area (Å²) in [5.41, 5.74) is -0.809. The molecule has 2 N–H and O–H groups in total. The zero-order valence-corrected chi connectivity index (χ0v) is 18.1. The summed E-state index contributed by atoms with van der Waals surface area (Å²) in [4.78, 5) is 29.3. The Bertz CT molecular complexity index is 723. The summed E-state index contributed by atoms with van der Waals surface area (Å²) in [6.07, 6.45) is 1.73. The number of amides is 2. The Morgan fingerprint density at radius 3 is 2.46 bits per heavy atom. The molecule has 2 amide bonds. The molecule has 0 bridgehead atoms. The number of anilines is 1. The van der Waals surface area contributed by atoms with Crippen LogP contribution in [0, 0.1) is 11.3 Å². The predicted octanol–water partition coefficient (Wildman–Crippen LogP) is 4.28. The Kier molecular flexibility index (Phi) is 5.43. The largest absolute Gasteiger partial charge is 0.444 e. The van der Waals surface area contributed by atoms with Gasteiger partial charge in [-0.05, 0) is 74.0 Å². The number of aromatic nitrogens is 1. The van der Waals surface area contributed by atoms with Crippen LogP contribution in [-0.4, -0.2) is 28.1 Å². The first-order valence-corrected chi connectivity index (χ1v) is 9.49. The third-order valence-corrected chi connectivity index (χ3v) is 5.64. The number of hydrogen-bond acceptors (Lipinski definition) is 4. The van der Waals surface area contributed by atoms with Crippen LogP contribution in [-0.2, 0) is 16.0 Å². The minimum absolute atomic E-state index is 0.0867. The fourth-order valence-electron chi connectivity index (χ4n) is 3.00. The lowest BCUT2D eigenvalue weighted by Crippen LogP contribution is -2.60. The predicted molar refractivity (Wildman–Crippen MR) is 105 cm³/mol. The monoisotopic (exact) mass is 425 g/mol. The van der Waals surface area contributed by atoms with Crippen LogP contribution in [0.2, 0.25) is 0 Å². The number of alkyl carbamates (subject to hydrolysis) is 1. The van der Waals surface area contributed by atoms with E-state index in [1.54, 1.807) is 6.20 Å². The molecule has 0 fully saturated rings. The third-order valence-electron chi connectivity index (χ3n) is 5.21. The molecule has 0 aliphatic carbocycles. The highest BCUT2D eigenvalue weighted by atomic mass is 79.9. The fraction of sp³-hybridized carbons (Fsp3) is 0.632. The van der Waals surface area contributed by atoms with Gasteiger partial charge in [-0.1, -0.05) is 13.8 Å². The number of rotatable bonds is 3. The van der Waals surface area contributed by atoms with Crippen molar-refractivity contribution in [2.24, 2.45) is 11.3 Å². The number of nitrogens with one attached hydrogen (secondary N) is 2. The maximum Gasteiger partial charge on any atom is 0.408 e. The molecule has 1 atom stereocenters. The number of pyridine rings is 1. The lowest BCUT2D eigenvalue weighted by molar-refractivity contribution is -0.126. The summed E-state index contributed by atoms with van der Waals surface area (Å²) in [6.45, 7) is 13.3. The molecule has 144 valence electrons. The fourth-order valence-corrected chi connectivity index (χ4v) is 3.38. The molecule has 0 spiro atoms. The number of hydrogen-bond donors (Lipinski definition) is 2. The Morgan fingerprint density at radius 1 is 1.27 bits per heavy atom. The van der Waals surface area contributed by atoms with E-state index < -0.39 is 22.6 Å². The van der Waals surface area contributed by atoms with Gasteiger partial charge in [0.05, 0.1) is 0 Å². The number of carbonyl (C=O) groups is 2. The Balaban J connectivity index is 2.24. The van der Waals surface area contributed by atoms with E-state index in [0.717, 1.165) is 10.0 Å². The van der Waals surface area contributed by atoms with Gasteiger partial charge in [0.2, 0.25) is 5.91 Å². The van der Waals surface area contributed by atoms with Gasteiger partial charge in [0.15, 0.2) is 0 Å². The number of fused-ring (bicyclic) bond motifs is 1. The van der Waals surface area contributed by atoms with Crippen molar-refractivity contribution >= 4 is 33.7 Å². The summed E-state index contributed by atoms with van der Waals surface area (Å²) in [5.74, 6) is 0.190. The molecule has 0 radical (unpaired) electrons. The van der Waals surface area contributed by atoms with Crippen molar-refractivity contribution in [1.29, 1.82) is 0 Å². The maximum absolute atomic E-state index is 12.7. The van der Waals surface area contributed by atoms with Crippen molar-refractivity contribution in [1.82, 2.24) is 10.3 Å². The van der Waals surface area contributed by atoms with E-state index in [-0.39, 0.29) is 11.8 Å². The lowest BCUT2D eigenvalue weighted by atomic mass is 9.63. The van der Waals surface area contributed by atoms with E-state index in [9.17, 15) is 9.59 Å². The van der Waals surface area contributed by atoms with Crippen LogP contribution in [0.5, 0.6) is 0 Å². The number of halogens is 1. The molecular weight excluding hydrogens is 398 g/mol. The van der Waals surface area contributed by atoms with Crippen LogP contribution in [0.4, 0.5) is 10.6 Å². The number of carbonyl (C=O) groups excluding carboxylic acids is 2. The highest BCUT2D eigenvalue weighted by Crippen LogP contribution is 2.43. The second-order valence-electron chi connectivity index (χ2n) is 8.88. The summed E-state index contributed by atoms with van der Waals surface area (Å²) in [7, 11) is 0. The second-order valence-corrected chi connectivity index (χ2v) is 9.80. The topological polar surface area (TPSA) is 80.3 Å². The molecule has 26 heavy (non-hydrogen) atoms. The molecule has 7 heteroatoms. The first-order chi connectivity index (χ1) is 11.7. The maximum atomic E-state index is 12.7. The zero-order valence-electron chi connectivity index (χ0n) is 16.5. The molecule has 6 nitrogen and oxygen atoms in total. The lowest BCUT2D eigenvalue weighted by Gasteiger charge is -2.47. The molecule has 1 aliphatic heterocycles. The molecule has 0 saturated carbocycles. The SMILES string of the molecule is CC(C)(C)OC(=O)NC(C)(C)C(C)(C)C1Cc2cc(Br)cnc2NC1=O. The highest BCUT2D eigenvalue weighted by molar-refractivity contribution is 9.10. The van der Waals surface area contributed by atoms with Crippen molar-refractivity contribution in [2.45, 2.75) is 66.0 Å². The quantitative estimate of drug-likeness (QED) is 0.756. The molecule has 1 aromatic rings. The van der Waals surface area contributed by atoms with Crippen LogP contribution in [0.1, 0.15) is 54.0 Å². The average Bonchev–Trinajstić information content (AvgIpc) is 2.43. The number of nitrogens with zero attached hydrogens (tertiary/aromatic N) is 1. The standard InChI is InChI=1S/C19H28BrN3O3/c1-17(2,3)26-16(25)23-19(6,7)18(4,5)13-9-11-8-12(20)10-21-14(11)22-15(13)24/h8,10,13H,9H2,1-7H3,(H,23,25)(H,21,22,24). The van der Waals surface area contributed by atoms with Gasteiger partial charge in [0.25, 0.3) is 0 Å². The average molecular weight is 426 g/mol. The molecule has 1 aromatic heterocycles. The van der Waals surface area contributed by atoms with Gasteiger partial charge in [-0.15, -0.1) is 0 Å². The first kappa shape index (κ1) is 20.7. The normalized spacial score (nSPS) is 18.0. The Labute approximate surface area is 163 Å². The van der Waals surface area contributed by atoms with Crippen LogP contribution >= 0.6 is 15.9 Å². The van der Waals surface area contributed by atoms with E-state index in [0.29, 0.717) is 12.2 Å². The van der Waals surface area contributed by atoms with Gasteiger partial charge in [-0.2, -0.15) is 0 Å². The van der Waals surface area contributed by atoms with Crippen LogP contribution in [0.15, 0.2) is 16.7 Å². The van der Waals surface area contributed by atoms with Gasteiger partial charge in [-0.3, -0.25) is 4.79 Å². The molecule has 2 heterocycles. The minimum atomic E-state index is -0.672. The van der Waals surface area contributed by atoms with E-state index in [1.807, 2.05) is 54.5 Å². The molecule has 1 unspecified atom stereocenters. The summed E-state index contributed by atoms with van der Waals surface area (Å²) in [5, 5.41) is 5.83. The number of ether oxygens (including phenoxy) is 1. The van der Waals surface area contributed by atoms with Gasteiger partial charge in [0.1, 0.15) is 11.4 Å². The van der Waals surface area contributed by atoms with Gasteiger partial charge >= 0.3 is 6.09 Å². The summed E-state index contributed by atoms with van der Waals surface area (Å²) >= 11 is 3.43. The summed E-state index contributed by atoms with van der Waals surface area (Å²) in [6, 6.07) is 1.97. The highest BCUT2D eigenvalue weighted by Gasteiger charge is 2.49. The Morgan fingerprint density at radius 2 is 1.88 bits per heavy atom. The van der Waals surface area contributed by atoms with Crippen molar-refractivity contribution in [3.05, 3.63) is 22.3 Å². The van der Waals surface area contributed by atoms with Crippen LogP contribution < -0.4 is 10.6 Å². The second kappa shape index (κ2) is 6.83. The Hall–Kier alpha value is -1.63. The molecule has 1 aliphatic rings. The van der Waals surface area contributed by atoms with Crippen LogP contribution in [0.3, 0.4) is 0 Å². The van der Waals surface area contributed by atoms with E-state index in [1.165, 1.54) is 0 Å². The van der Waals surface area contributed by atoms with E-state index in [2.05, 4.69) is 31.5 Å². The first-order valence-electron chi connectivity index (χ1n) is 8.69. The van der Waals surface area contributed by atoms with Crippen molar-refractivity contribution in [2.75, 3.05) is 5.32 Å². The third kappa shape index (κ3) is 4.37. The smallest absolute Gasteiger partial charge is 0.408 e. The van der Waals surface area contributed by atoms with Gasteiger partial charge in [0, 0.05) is 22.1 Å². The zero-order chi connectivity index (χ0) is 19.9. The van der Waals surface area contributed by atoms with Gasteiger partial charge in [-0.25, -0.2) is 9.78 Å². The van der Waals surface area contributed by atoms with Crippen molar-refractivity contribution in [3.8, 4) is 0 Å². The minimum Gasteiger partial charge on any atom is -0.444 e. The van der Waals surface area contributed by atoms with Crippen LogP contribution in [0.25, 0.3) is 0 Å². The van der Waals surface area contributed by atoms with Crippen molar-refractivity contribution < 1.29 is 14.3 Å². The summed E-state index contributed by atoms with van der Waals surface area (Å²) < 4.78 is 6.26. The van der Waals surface area contributed by atoms with Crippen molar-refractivity contribution in [3.63, 3.8) is 0 Å². The molecule has 0 saturated heterocycles.